The van der Waals surface area contributed by atoms with Crippen LogP contribution >= 0.6 is 0 Å². The normalized spacial score (nSPS) is 13.3. The van der Waals surface area contributed by atoms with Crippen molar-refractivity contribution in [3.05, 3.63) is 83.6 Å². The van der Waals surface area contributed by atoms with Gasteiger partial charge in [-0.15, -0.1) is 0 Å². The number of nitrogens with zero attached hydrogens (tertiary/aromatic N) is 2. The Morgan fingerprint density at radius 2 is 1.89 bits per heavy atom. The lowest BCUT2D eigenvalue weighted by Crippen LogP contribution is -2.18. The van der Waals surface area contributed by atoms with Crippen molar-refractivity contribution in [3.63, 3.8) is 0 Å². The first kappa shape index (κ1) is 24.6. The fourth-order valence-electron chi connectivity index (χ4n) is 4.76. The average Bonchev–Trinajstić information content (AvgIpc) is 3.22. The lowest BCUT2D eigenvalue weighted by Gasteiger charge is -2.25. The van der Waals surface area contributed by atoms with Crippen LogP contribution in [0, 0.1) is 11.3 Å². The van der Waals surface area contributed by atoms with Gasteiger partial charge in [-0.05, 0) is 61.1 Å². The molecule has 1 aliphatic carbocycles. The minimum absolute atomic E-state index is 0.0480. The summed E-state index contributed by atoms with van der Waals surface area (Å²) >= 11 is 0. The van der Waals surface area contributed by atoms with Gasteiger partial charge < -0.3 is 15.2 Å². The summed E-state index contributed by atoms with van der Waals surface area (Å²) in [6, 6.07) is 21.6. The molecule has 3 aromatic carbocycles. The van der Waals surface area contributed by atoms with Gasteiger partial charge in [-0.25, -0.2) is 0 Å². The molecule has 7 heteroatoms. The first-order valence-corrected chi connectivity index (χ1v) is 12.8. The predicted octanol–water partition coefficient (Wildman–Crippen LogP) is 5.47. The molecule has 3 N–H and O–H groups in total. The summed E-state index contributed by atoms with van der Waals surface area (Å²) in [4.78, 5) is 12.1. The molecule has 1 saturated carbocycles. The highest BCUT2D eigenvalue weighted by Gasteiger charge is 2.21. The molecule has 0 radical (unpaired) electrons. The second-order valence-electron chi connectivity index (χ2n) is 9.53. The molecular weight excluding hydrogens is 464 g/mol. The number of para-hydroxylation sites is 1. The molecule has 1 fully saturated rings. The lowest BCUT2D eigenvalue weighted by molar-refractivity contribution is -0.142. The van der Waals surface area contributed by atoms with E-state index in [4.69, 9.17) is 25.7 Å². The van der Waals surface area contributed by atoms with E-state index >= 15 is 0 Å². The van der Waals surface area contributed by atoms with Crippen LogP contribution in [0.4, 0.5) is 0 Å². The number of esters is 1. The van der Waals surface area contributed by atoms with E-state index in [1.165, 1.54) is 19.3 Å². The monoisotopic (exact) mass is 496 g/mol. The number of benzene rings is 3. The Hall–Kier alpha value is -4.13. The number of aromatic nitrogens is 2. The van der Waals surface area contributed by atoms with Crippen molar-refractivity contribution < 1.29 is 14.3 Å². The van der Waals surface area contributed by atoms with Crippen LogP contribution < -0.4 is 10.5 Å². The van der Waals surface area contributed by atoms with Gasteiger partial charge in [-0.2, -0.15) is 5.10 Å². The van der Waals surface area contributed by atoms with E-state index in [0.717, 1.165) is 39.8 Å². The Morgan fingerprint density at radius 3 is 2.65 bits per heavy atom. The van der Waals surface area contributed by atoms with E-state index < -0.39 is 0 Å². The zero-order valence-corrected chi connectivity index (χ0v) is 21.1. The number of rotatable bonds is 10. The Labute approximate surface area is 216 Å². The Balaban J connectivity index is 1.47. The van der Waals surface area contributed by atoms with Gasteiger partial charge in [-0.1, -0.05) is 48.9 Å². The molecule has 0 saturated heterocycles. The Kier molecular flexibility index (Phi) is 7.21. The predicted molar refractivity (Wildman–Crippen MR) is 145 cm³/mol. The van der Waals surface area contributed by atoms with Gasteiger partial charge in [-0.3, -0.25) is 14.9 Å². The van der Waals surface area contributed by atoms with Crippen LogP contribution in [0.5, 0.6) is 5.75 Å². The third-order valence-corrected chi connectivity index (χ3v) is 6.97. The quantitative estimate of drug-likeness (QED) is 0.172. The first-order valence-electron chi connectivity index (χ1n) is 12.8. The van der Waals surface area contributed by atoms with E-state index in [0.29, 0.717) is 23.8 Å². The third kappa shape index (κ3) is 5.50. The van der Waals surface area contributed by atoms with Crippen molar-refractivity contribution in [2.45, 2.75) is 45.8 Å². The standard InChI is InChI=1S/C30H32N4O3/c1-2-36-29(35)17-23-9-3-4-12-28(23)37-19-26-25-16-22(21-10-6-11-24(15-21)30(31)32)13-14-27(25)34(33-26)18-20-7-5-8-20/h3-4,6,9-16,20H,2,5,7-8,17-19H2,1H3,(H3,31,32). The summed E-state index contributed by atoms with van der Waals surface area (Å²) in [6.45, 7) is 3.33. The van der Waals surface area contributed by atoms with Crippen molar-refractivity contribution in [2.75, 3.05) is 6.61 Å². The molecule has 0 aliphatic heterocycles. The molecule has 190 valence electrons. The van der Waals surface area contributed by atoms with Gasteiger partial charge in [0.05, 0.1) is 18.5 Å². The Bertz CT molecular complexity index is 1440. The largest absolute Gasteiger partial charge is 0.487 e. The summed E-state index contributed by atoms with van der Waals surface area (Å²) < 4.78 is 13.5. The van der Waals surface area contributed by atoms with Gasteiger partial charge in [0.25, 0.3) is 0 Å². The van der Waals surface area contributed by atoms with Gasteiger partial charge in [0.1, 0.15) is 23.9 Å². The fraction of sp³-hybridized carbons (Fsp3) is 0.300. The lowest BCUT2D eigenvalue weighted by atomic mass is 9.85. The number of hydrogen-bond acceptors (Lipinski definition) is 5. The highest BCUT2D eigenvalue weighted by Crippen LogP contribution is 2.32. The number of amidine groups is 1. The van der Waals surface area contributed by atoms with Crippen molar-refractivity contribution >= 4 is 22.7 Å². The maximum atomic E-state index is 12.1. The number of ether oxygens (including phenoxy) is 2. The molecule has 0 bridgehead atoms. The van der Waals surface area contributed by atoms with Gasteiger partial charge in [0, 0.05) is 23.1 Å². The van der Waals surface area contributed by atoms with Crippen LogP contribution in [0.1, 0.15) is 43.0 Å². The maximum absolute atomic E-state index is 12.1. The molecule has 1 aliphatic rings. The van der Waals surface area contributed by atoms with E-state index in [-0.39, 0.29) is 24.8 Å². The van der Waals surface area contributed by atoms with Crippen LogP contribution in [0.15, 0.2) is 66.7 Å². The second-order valence-corrected chi connectivity index (χ2v) is 9.53. The number of nitrogens with two attached hydrogens (primary N) is 1. The van der Waals surface area contributed by atoms with Crippen LogP contribution in [-0.2, 0) is 29.1 Å². The minimum Gasteiger partial charge on any atom is -0.487 e. The SMILES string of the molecule is CCOC(=O)Cc1ccccc1OCc1nn(CC2CCC2)c2ccc(-c3cccc(C(=N)N)c3)cc12. The maximum Gasteiger partial charge on any atom is 0.310 e. The van der Waals surface area contributed by atoms with E-state index in [2.05, 4.69) is 22.9 Å². The highest BCUT2D eigenvalue weighted by atomic mass is 16.5. The number of hydrogen-bond donors (Lipinski definition) is 2. The number of nitrogen functional groups attached to an aromatic ring is 1. The summed E-state index contributed by atoms with van der Waals surface area (Å²) in [6.07, 6.45) is 3.93. The van der Waals surface area contributed by atoms with E-state index in [9.17, 15) is 4.79 Å². The fourth-order valence-corrected chi connectivity index (χ4v) is 4.76. The van der Waals surface area contributed by atoms with Crippen LogP contribution in [0.3, 0.4) is 0 Å². The molecule has 1 aromatic heterocycles. The number of fused-ring (bicyclic) bond motifs is 1. The van der Waals surface area contributed by atoms with Crippen molar-refractivity contribution in [1.82, 2.24) is 9.78 Å². The third-order valence-electron chi connectivity index (χ3n) is 6.97. The number of carbonyl (C=O) groups is 1. The van der Waals surface area contributed by atoms with Crippen LogP contribution in [-0.4, -0.2) is 28.2 Å². The Morgan fingerprint density at radius 1 is 1.08 bits per heavy atom. The molecular formula is C30H32N4O3. The van der Waals surface area contributed by atoms with Gasteiger partial charge in [0.2, 0.25) is 0 Å². The number of nitrogens with one attached hydrogen (secondary N) is 1. The summed E-state index contributed by atoms with van der Waals surface area (Å²) in [7, 11) is 0. The highest BCUT2D eigenvalue weighted by molar-refractivity contribution is 5.96. The van der Waals surface area contributed by atoms with Crippen LogP contribution in [0.2, 0.25) is 0 Å². The van der Waals surface area contributed by atoms with Gasteiger partial charge >= 0.3 is 5.97 Å². The van der Waals surface area contributed by atoms with E-state index in [1.54, 1.807) is 6.92 Å². The molecule has 7 nitrogen and oxygen atoms in total. The minimum atomic E-state index is -0.272. The first-order chi connectivity index (χ1) is 18.0. The topological polar surface area (TPSA) is 103 Å². The van der Waals surface area contributed by atoms with Gasteiger partial charge in [0.15, 0.2) is 0 Å². The summed E-state index contributed by atoms with van der Waals surface area (Å²) in [5.41, 5.74) is 11.2. The summed E-state index contributed by atoms with van der Waals surface area (Å²) in [5.74, 6) is 1.09. The number of carbonyl (C=O) groups excluding carboxylic acids is 1. The molecule has 5 rings (SSSR count). The second kappa shape index (κ2) is 10.9. The molecule has 1 heterocycles. The molecule has 0 unspecified atom stereocenters. The molecule has 0 spiro atoms. The molecule has 37 heavy (non-hydrogen) atoms. The average molecular weight is 497 g/mol. The molecule has 0 atom stereocenters. The molecule has 0 amide bonds. The van der Waals surface area contributed by atoms with Crippen molar-refractivity contribution in [3.8, 4) is 16.9 Å². The zero-order valence-electron chi connectivity index (χ0n) is 21.1. The smallest absolute Gasteiger partial charge is 0.310 e. The summed E-state index contributed by atoms with van der Waals surface area (Å²) in [5, 5.41) is 13.8. The van der Waals surface area contributed by atoms with E-state index in [1.807, 2.05) is 48.5 Å². The van der Waals surface area contributed by atoms with Crippen molar-refractivity contribution in [2.24, 2.45) is 11.7 Å². The zero-order chi connectivity index (χ0) is 25.8. The van der Waals surface area contributed by atoms with Crippen molar-refractivity contribution in [1.29, 1.82) is 5.41 Å². The van der Waals surface area contributed by atoms with Crippen LogP contribution in [0.25, 0.3) is 22.0 Å². The molecule has 4 aromatic rings.